The van der Waals surface area contributed by atoms with Gasteiger partial charge in [-0.1, -0.05) is 0 Å². The van der Waals surface area contributed by atoms with Crippen LogP contribution in [-0.4, -0.2) is 46.2 Å². The lowest BCUT2D eigenvalue weighted by atomic mass is 10.3. The average Bonchev–Trinajstić information content (AvgIpc) is 2.43. The molecule has 90 valence electrons. The van der Waals surface area contributed by atoms with E-state index >= 15 is 0 Å². The van der Waals surface area contributed by atoms with E-state index in [1.54, 1.807) is 0 Å². The van der Waals surface area contributed by atoms with Crippen molar-refractivity contribution in [3.63, 3.8) is 0 Å². The van der Waals surface area contributed by atoms with Gasteiger partial charge in [-0.05, 0) is 13.3 Å². The first-order valence-electron chi connectivity index (χ1n) is 4.68. The van der Waals surface area contributed by atoms with E-state index in [4.69, 9.17) is 5.73 Å². The number of hydrogen-bond acceptors (Lipinski definition) is 5. The van der Waals surface area contributed by atoms with Gasteiger partial charge in [0.05, 0.1) is 16.8 Å². The Morgan fingerprint density at radius 2 is 2.13 bits per heavy atom. The molecular weight excluding hydrogens is 240 g/mol. The van der Waals surface area contributed by atoms with Crippen LogP contribution in [0.2, 0.25) is 0 Å². The molecule has 1 aliphatic heterocycles. The second kappa shape index (κ2) is 4.36. The average molecular weight is 256 g/mol. The third-order valence-corrected chi connectivity index (χ3v) is 6.11. The molecule has 0 aromatic carbocycles. The predicted molar refractivity (Wildman–Crippen MR) is 57.6 cm³/mol. The van der Waals surface area contributed by atoms with Gasteiger partial charge < -0.3 is 5.73 Å². The topological polar surface area (TPSA) is 106 Å². The highest BCUT2D eigenvalue weighted by molar-refractivity contribution is 7.92. The lowest BCUT2D eigenvalue weighted by molar-refractivity contribution is 0.551. The minimum atomic E-state index is -3.48. The Hall–Kier alpha value is -0.180. The first kappa shape index (κ1) is 12.9. The first-order valence-corrected chi connectivity index (χ1v) is 8.05. The molecule has 3 N–H and O–H groups in total. The normalized spacial score (nSPS) is 27.7. The summed E-state index contributed by atoms with van der Waals surface area (Å²) in [6.45, 7) is 1.51. The molecule has 0 aromatic heterocycles. The zero-order chi connectivity index (χ0) is 11.7. The van der Waals surface area contributed by atoms with Crippen LogP contribution in [0.15, 0.2) is 0 Å². The second-order valence-corrected chi connectivity index (χ2v) is 8.17. The number of hydrogen-bond donors (Lipinski definition) is 2. The molecule has 0 aromatic rings. The summed E-state index contributed by atoms with van der Waals surface area (Å²) in [6.07, 6.45) is 0.346. The molecule has 1 aliphatic rings. The molecule has 0 spiro atoms. The number of sulfonamides is 1. The summed E-state index contributed by atoms with van der Waals surface area (Å²) in [7, 11) is -6.54. The molecule has 0 saturated carbocycles. The van der Waals surface area contributed by atoms with E-state index in [0.717, 1.165) is 0 Å². The summed E-state index contributed by atoms with van der Waals surface area (Å²) in [4.78, 5) is 0. The Balaban J connectivity index is 2.65. The lowest BCUT2D eigenvalue weighted by Crippen LogP contribution is -2.43. The summed E-state index contributed by atoms with van der Waals surface area (Å²) in [5, 5.41) is -0.694. The van der Waals surface area contributed by atoms with Crippen LogP contribution in [0.3, 0.4) is 0 Å². The van der Waals surface area contributed by atoms with Gasteiger partial charge in [0.1, 0.15) is 0 Å². The fourth-order valence-corrected chi connectivity index (χ4v) is 4.29. The minimum Gasteiger partial charge on any atom is -0.329 e. The second-order valence-electron chi connectivity index (χ2n) is 3.81. The molecule has 1 saturated heterocycles. The monoisotopic (exact) mass is 256 g/mol. The highest BCUT2D eigenvalue weighted by Gasteiger charge is 2.32. The summed E-state index contributed by atoms with van der Waals surface area (Å²) < 4.78 is 47.7. The van der Waals surface area contributed by atoms with Gasteiger partial charge in [-0.15, -0.1) is 0 Å². The van der Waals surface area contributed by atoms with Crippen molar-refractivity contribution in [1.82, 2.24) is 4.72 Å². The molecule has 15 heavy (non-hydrogen) atoms. The Kier molecular flexibility index (Phi) is 3.75. The van der Waals surface area contributed by atoms with Crippen molar-refractivity contribution < 1.29 is 16.8 Å². The summed E-state index contributed by atoms with van der Waals surface area (Å²) in [5.74, 6) is -0.0548. The van der Waals surface area contributed by atoms with Crippen LogP contribution in [0, 0.1) is 0 Å². The third-order valence-electron chi connectivity index (χ3n) is 2.43. The van der Waals surface area contributed by atoms with Crippen molar-refractivity contribution in [2.24, 2.45) is 5.73 Å². The smallest absolute Gasteiger partial charge is 0.215 e. The molecule has 1 fully saturated rings. The quantitative estimate of drug-likeness (QED) is 0.632. The van der Waals surface area contributed by atoms with Crippen LogP contribution in [0.25, 0.3) is 0 Å². The zero-order valence-corrected chi connectivity index (χ0v) is 10.1. The lowest BCUT2D eigenvalue weighted by Gasteiger charge is -2.15. The molecule has 1 rings (SSSR count). The van der Waals surface area contributed by atoms with Crippen LogP contribution >= 0.6 is 0 Å². The molecule has 0 aliphatic carbocycles. The Morgan fingerprint density at radius 1 is 1.53 bits per heavy atom. The highest BCUT2D eigenvalue weighted by Crippen LogP contribution is 2.13. The zero-order valence-electron chi connectivity index (χ0n) is 8.51. The number of sulfone groups is 1. The van der Waals surface area contributed by atoms with Gasteiger partial charge in [-0.25, -0.2) is 21.6 Å². The minimum absolute atomic E-state index is 0.0226. The fourth-order valence-electron chi connectivity index (χ4n) is 1.36. The van der Waals surface area contributed by atoms with E-state index in [1.807, 2.05) is 0 Å². The van der Waals surface area contributed by atoms with Crippen molar-refractivity contribution in [3.8, 4) is 0 Å². The molecule has 2 unspecified atom stereocenters. The fraction of sp³-hybridized carbons (Fsp3) is 1.00. The van der Waals surface area contributed by atoms with Crippen molar-refractivity contribution in [3.05, 3.63) is 0 Å². The maximum absolute atomic E-state index is 11.5. The van der Waals surface area contributed by atoms with Gasteiger partial charge in [-0.2, -0.15) is 0 Å². The van der Waals surface area contributed by atoms with Gasteiger partial charge in [0.25, 0.3) is 0 Å². The molecule has 0 bridgehead atoms. The van der Waals surface area contributed by atoms with Gasteiger partial charge in [0, 0.05) is 12.6 Å². The molecule has 6 nitrogen and oxygen atoms in total. The van der Waals surface area contributed by atoms with Crippen LogP contribution in [0.1, 0.15) is 13.3 Å². The van der Waals surface area contributed by atoms with Crippen LogP contribution < -0.4 is 10.5 Å². The van der Waals surface area contributed by atoms with Crippen molar-refractivity contribution in [2.75, 3.05) is 18.1 Å². The van der Waals surface area contributed by atoms with Gasteiger partial charge in [0.2, 0.25) is 10.0 Å². The van der Waals surface area contributed by atoms with Crippen molar-refractivity contribution in [2.45, 2.75) is 24.6 Å². The van der Waals surface area contributed by atoms with Crippen LogP contribution in [0.5, 0.6) is 0 Å². The summed E-state index contributed by atoms with van der Waals surface area (Å²) >= 11 is 0. The Bertz CT molecular complexity index is 414. The van der Waals surface area contributed by atoms with E-state index in [-0.39, 0.29) is 18.1 Å². The Morgan fingerprint density at radius 3 is 2.53 bits per heavy atom. The maximum atomic E-state index is 11.5. The van der Waals surface area contributed by atoms with Gasteiger partial charge in [-0.3, -0.25) is 0 Å². The predicted octanol–water partition coefficient (Wildman–Crippen LogP) is -1.56. The SMILES string of the molecule is CC(CN)S(=O)(=O)NC1CCS(=O)(=O)C1. The van der Waals surface area contributed by atoms with Gasteiger partial charge >= 0.3 is 0 Å². The molecular formula is C7H16N2O4S2. The van der Waals surface area contributed by atoms with Gasteiger partial charge in [0.15, 0.2) is 9.84 Å². The van der Waals surface area contributed by atoms with E-state index in [9.17, 15) is 16.8 Å². The molecule has 1 heterocycles. The molecule has 8 heteroatoms. The van der Waals surface area contributed by atoms with Crippen molar-refractivity contribution >= 4 is 19.9 Å². The van der Waals surface area contributed by atoms with Crippen molar-refractivity contribution in [1.29, 1.82) is 0 Å². The first-order chi connectivity index (χ1) is 6.77. The van der Waals surface area contributed by atoms with E-state index < -0.39 is 31.2 Å². The Labute approximate surface area is 90.2 Å². The highest BCUT2D eigenvalue weighted by atomic mass is 32.2. The third kappa shape index (κ3) is 3.40. The molecule has 0 amide bonds. The molecule has 0 radical (unpaired) electrons. The molecule has 2 atom stereocenters. The number of nitrogens with two attached hydrogens (primary N) is 1. The van der Waals surface area contributed by atoms with Crippen LogP contribution in [0.4, 0.5) is 0 Å². The van der Waals surface area contributed by atoms with E-state index in [1.165, 1.54) is 6.92 Å². The standard InChI is InChI=1S/C7H16N2O4S2/c1-6(4-8)15(12,13)9-7-2-3-14(10,11)5-7/h6-7,9H,2-5,8H2,1H3. The number of nitrogens with one attached hydrogen (secondary N) is 1. The van der Waals surface area contributed by atoms with E-state index in [2.05, 4.69) is 4.72 Å². The largest absolute Gasteiger partial charge is 0.329 e. The number of rotatable bonds is 4. The summed E-state index contributed by atoms with van der Waals surface area (Å²) in [5.41, 5.74) is 5.25. The van der Waals surface area contributed by atoms with E-state index in [0.29, 0.717) is 6.42 Å². The maximum Gasteiger partial charge on any atom is 0.215 e. The summed E-state index contributed by atoms with van der Waals surface area (Å²) in [6, 6.07) is -0.492. The van der Waals surface area contributed by atoms with Crippen LogP contribution in [-0.2, 0) is 19.9 Å².